The number of rotatable bonds is 5. The van der Waals surface area contributed by atoms with Crippen molar-refractivity contribution in [2.24, 2.45) is 5.16 Å². The van der Waals surface area contributed by atoms with E-state index in [1.165, 1.54) is 0 Å². The fraction of sp³-hybridized carbons (Fsp3) is 0.150. The molecule has 4 heterocycles. The van der Waals surface area contributed by atoms with Crippen molar-refractivity contribution in [2.75, 3.05) is 0 Å². The van der Waals surface area contributed by atoms with Crippen molar-refractivity contribution in [3.8, 4) is 5.13 Å². The Hall–Kier alpha value is -3.30. The molecule has 0 unspecified atom stereocenters. The topological polar surface area (TPSA) is 82.5 Å². The number of aryl methyl sites for hydroxylation is 1. The lowest BCUT2D eigenvalue weighted by Crippen LogP contribution is -1.98. The number of fused-ring (bicyclic) bond motifs is 3. The lowest BCUT2D eigenvalue weighted by atomic mass is 10.2. The first kappa shape index (κ1) is 18.7. The van der Waals surface area contributed by atoms with Crippen molar-refractivity contribution in [1.29, 1.82) is 0 Å². The molecule has 8 nitrogen and oxygen atoms in total. The summed E-state index contributed by atoms with van der Waals surface area (Å²) in [4.78, 5) is 19.1. The van der Waals surface area contributed by atoms with E-state index < -0.39 is 0 Å². The van der Waals surface area contributed by atoms with Gasteiger partial charge in [0.25, 0.3) is 0 Å². The van der Waals surface area contributed by atoms with Crippen molar-refractivity contribution < 1.29 is 4.84 Å². The van der Waals surface area contributed by atoms with E-state index in [9.17, 15) is 0 Å². The molecule has 0 N–H and O–H groups in total. The second-order valence-corrected chi connectivity index (χ2v) is 7.91. The van der Waals surface area contributed by atoms with Crippen molar-refractivity contribution >= 4 is 45.8 Å². The van der Waals surface area contributed by atoms with E-state index in [0.717, 1.165) is 38.6 Å². The van der Waals surface area contributed by atoms with Gasteiger partial charge in [-0.05, 0) is 25.5 Å². The second-order valence-electron chi connectivity index (χ2n) is 6.63. The third-order valence-corrected chi connectivity index (χ3v) is 5.95. The lowest BCUT2D eigenvalue weighted by Gasteiger charge is -2.02. The summed E-state index contributed by atoms with van der Waals surface area (Å²) < 4.78 is 3.71. The number of hydrogen-bond donors (Lipinski definition) is 0. The Balaban J connectivity index is 1.47. The van der Waals surface area contributed by atoms with E-state index in [-0.39, 0.29) is 6.61 Å². The van der Waals surface area contributed by atoms with Crippen molar-refractivity contribution in [1.82, 2.24) is 29.1 Å². The number of thiazole rings is 1. The fourth-order valence-electron chi connectivity index (χ4n) is 3.30. The predicted molar refractivity (Wildman–Crippen MR) is 117 cm³/mol. The summed E-state index contributed by atoms with van der Waals surface area (Å²) in [5, 5.41) is 12.8. The van der Waals surface area contributed by atoms with Crippen LogP contribution in [0, 0.1) is 13.8 Å². The van der Waals surface area contributed by atoms with E-state index in [0.29, 0.717) is 10.8 Å². The van der Waals surface area contributed by atoms with Gasteiger partial charge in [0.2, 0.25) is 0 Å². The van der Waals surface area contributed by atoms with E-state index in [2.05, 4.69) is 39.1 Å². The molecule has 150 valence electrons. The maximum atomic E-state index is 6.11. The van der Waals surface area contributed by atoms with Crippen LogP contribution in [0.15, 0.2) is 47.3 Å². The second kappa shape index (κ2) is 7.51. The van der Waals surface area contributed by atoms with E-state index in [1.54, 1.807) is 40.7 Å². The van der Waals surface area contributed by atoms with Crippen LogP contribution >= 0.6 is 22.9 Å². The normalized spacial score (nSPS) is 11.8. The predicted octanol–water partition coefficient (Wildman–Crippen LogP) is 4.35. The fourth-order valence-corrected chi connectivity index (χ4v) is 4.17. The summed E-state index contributed by atoms with van der Waals surface area (Å²) in [6.45, 7) is 4.25. The summed E-state index contributed by atoms with van der Waals surface area (Å²) >= 11 is 7.67. The zero-order valence-electron chi connectivity index (χ0n) is 16.2. The summed E-state index contributed by atoms with van der Waals surface area (Å²) in [6.07, 6.45) is 5.01. The molecule has 0 spiro atoms. The standard InChI is InChI=1S/C20H16ClN7OS/c1-12-13(2)28(20-22-7-8-30-20)18-17(12)19-25-16(26-27(19)11-23-18)10-29-24-9-14-5-3-4-6-15(14)21/h3-9,11H,10H2,1-2H3/b24-9+. The molecule has 0 bridgehead atoms. The molecule has 0 saturated carbocycles. The van der Waals surface area contributed by atoms with Crippen LogP contribution in [0.5, 0.6) is 0 Å². The molecule has 4 aromatic heterocycles. The molecule has 5 aromatic rings. The molecule has 0 fully saturated rings. The molecule has 0 aliphatic rings. The molecule has 30 heavy (non-hydrogen) atoms. The van der Waals surface area contributed by atoms with E-state index in [4.69, 9.17) is 16.4 Å². The van der Waals surface area contributed by atoms with Crippen LogP contribution in [0.2, 0.25) is 5.02 Å². The van der Waals surface area contributed by atoms with Gasteiger partial charge in [0.1, 0.15) is 6.33 Å². The third kappa shape index (κ3) is 3.12. The number of aromatic nitrogens is 6. The van der Waals surface area contributed by atoms with Gasteiger partial charge in [0.05, 0.1) is 11.6 Å². The van der Waals surface area contributed by atoms with Crippen LogP contribution in [-0.2, 0) is 11.4 Å². The molecule has 0 amide bonds. The Morgan fingerprint density at radius 1 is 1.20 bits per heavy atom. The van der Waals surface area contributed by atoms with E-state index in [1.807, 2.05) is 28.1 Å². The van der Waals surface area contributed by atoms with Crippen LogP contribution in [-0.4, -0.2) is 35.3 Å². The zero-order valence-corrected chi connectivity index (χ0v) is 17.7. The van der Waals surface area contributed by atoms with Crippen molar-refractivity contribution in [3.63, 3.8) is 0 Å². The van der Waals surface area contributed by atoms with Crippen LogP contribution in [0.1, 0.15) is 22.6 Å². The van der Waals surface area contributed by atoms with E-state index >= 15 is 0 Å². The quantitative estimate of drug-likeness (QED) is 0.301. The molecule has 1 aromatic carbocycles. The Labute approximate surface area is 180 Å². The summed E-state index contributed by atoms with van der Waals surface area (Å²) in [5.74, 6) is 0.514. The number of hydrogen-bond acceptors (Lipinski definition) is 7. The average Bonchev–Trinajstić information content (AvgIpc) is 3.46. The first-order chi connectivity index (χ1) is 14.6. The van der Waals surface area contributed by atoms with Gasteiger partial charge in [-0.15, -0.1) is 16.4 Å². The highest BCUT2D eigenvalue weighted by Gasteiger charge is 2.19. The molecule has 0 radical (unpaired) electrons. The summed E-state index contributed by atoms with van der Waals surface area (Å²) in [7, 11) is 0. The van der Waals surface area contributed by atoms with Crippen molar-refractivity contribution in [2.45, 2.75) is 20.5 Å². The Morgan fingerprint density at radius 3 is 2.87 bits per heavy atom. The highest BCUT2D eigenvalue weighted by atomic mass is 35.5. The number of nitrogens with zero attached hydrogens (tertiary/aromatic N) is 7. The SMILES string of the molecule is Cc1c(C)n(-c2nccs2)c2ncn3nc(CO/N=C/c4ccccc4Cl)nc3c12. The molecular formula is C20H16ClN7OS. The molecule has 0 saturated heterocycles. The van der Waals surface area contributed by atoms with Gasteiger partial charge in [-0.1, -0.05) is 35.0 Å². The van der Waals surface area contributed by atoms with Gasteiger partial charge in [-0.3, -0.25) is 4.57 Å². The van der Waals surface area contributed by atoms with Gasteiger partial charge < -0.3 is 4.84 Å². The smallest absolute Gasteiger partial charge is 0.195 e. The molecule has 5 rings (SSSR count). The number of halogens is 1. The van der Waals surface area contributed by atoms with Gasteiger partial charge >= 0.3 is 0 Å². The third-order valence-electron chi connectivity index (χ3n) is 4.85. The highest BCUT2D eigenvalue weighted by molar-refractivity contribution is 7.12. The maximum absolute atomic E-state index is 6.11. The van der Waals surface area contributed by atoms with Crippen LogP contribution < -0.4 is 0 Å². The summed E-state index contributed by atoms with van der Waals surface area (Å²) in [5.41, 5.74) is 4.48. The molecule has 0 atom stereocenters. The zero-order chi connectivity index (χ0) is 20.7. The Kier molecular flexibility index (Phi) is 4.68. The Morgan fingerprint density at radius 2 is 2.07 bits per heavy atom. The Bertz CT molecular complexity index is 1390. The maximum Gasteiger partial charge on any atom is 0.195 e. The lowest BCUT2D eigenvalue weighted by molar-refractivity contribution is 0.126. The number of oxime groups is 1. The highest BCUT2D eigenvalue weighted by Crippen LogP contribution is 2.30. The van der Waals surface area contributed by atoms with Crippen LogP contribution in [0.3, 0.4) is 0 Å². The minimum absolute atomic E-state index is 0.134. The van der Waals surface area contributed by atoms with Crippen molar-refractivity contribution in [3.05, 3.63) is 69.8 Å². The van der Waals surface area contributed by atoms with Gasteiger partial charge in [0, 0.05) is 27.9 Å². The first-order valence-corrected chi connectivity index (χ1v) is 10.4. The van der Waals surface area contributed by atoms with Crippen LogP contribution in [0.4, 0.5) is 0 Å². The van der Waals surface area contributed by atoms with Gasteiger partial charge in [-0.2, -0.15) is 0 Å². The monoisotopic (exact) mass is 437 g/mol. The van der Waals surface area contributed by atoms with Gasteiger partial charge in [0.15, 0.2) is 28.9 Å². The first-order valence-electron chi connectivity index (χ1n) is 9.15. The average molecular weight is 438 g/mol. The molecule has 0 aliphatic heterocycles. The minimum atomic E-state index is 0.134. The number of benzene rings is 1. The largest absolute Gasteiger partial charge is 0.387 e. The molecular weight excluding hydrogens is 422 g/mol. The molecule has 10 heteroatoms. The minimum Gasteiger partial charge on any atom is -0.387 e. The molecule has 0 aliphatic carbocycles. The summed E-state index contributed by atoms with van der Waals surface area (Å²) in [6, 6.07) is 7.41. The van der Waals surface area contributed by atoms with Gasteiger partial charge in [-0.25, -0.2) is 19.5 Å². The van der Waals surface area contributed by atoms with Crippen LogP contribution in [0.25, 0.3) is 21.8 Å².